The van der Waals surface area contributed by atoms with Crippen molar-refractivity contribution in [3.8, 4) is 0 Å². The highest BCUT2D eigenvalue weighted by atomic mass is 16.6. The molecule has 7 aliphatic rings. The molecule has 7 fully saturated rings. The summed E-state index contributed by atoms with van der Waals surface area (Å²) < 4.78 is 6.59. The summed E-state index contributed by atoms with van der Waals surface area (Å²) in [5.41, 5.74) is 0.907. The molecular formula is C14H20O. The van der Waals surface area contributed by atoms with E-state index in [4.69, 9.17) is 4.74 Å². The molecule has 0 unspecified atom stereocenters. The summed E-state index contributed by atoms with van der Waals surface area (Å²) in [5, 5.41) is 0. The lowest BCUT2D eigenvalue weighted by atomic mass is 9.45. The molecule has 0 aromatic heterocycles. The second-order valence-electron chi connectivity index (χ2n) is 6.79. The number of fused-ring (bicyclic) bond motifs is 4. The van der Waals surface area contributed by atoms with Crippen molar-refractivity contribution < 1.29 is 4.74 Å². The Morgan fingerprint density at radius 2 is 0.800 bits per heavy atom. The SMILES string of the molecule is C1CC2CCC1C13OC21C1CCC3CC1. The molecule has 6 aliphatic carbocycles. The second-order valence-corrected chi connectivity index (χ2v) is 6.79. The molecule has 0 aromatic rings. The Hall–Kier alpha value is -0.0400. The van der Waals surface area contributed by atoms with Gasteiger partial charge in [0.2, 0.25) is 0 Å². The number of ether oxygens (including phenoxy) is 1. The van der Waals surface area contributed by atoms with Gasteiger partial charge in [0.15, 0.2) is 0 Å². The van der Waals surface area contributed by atoms with Crippen LogP contribution < -0.4 is 0 Å². The van der Waals surface area contributed by atoms with E-state index in [9.17, 15) is 0 Å². The van der Waals surface area contributed by atoms with Gasteiger partial charge < -0.3 is 4.74 Å². The Balaban J connectivity index is 1.72. The van der Waals surface area contributed by atoms with Gasteiger partial charge in [0.25, 0.3) is 0 Å². The molecule has 1 nitrogen and oxygen atoms in total. The molecule has 1 heterocycles. The van der Waals surface area contributed by atoms with Crippen LogP contribution in [-0.4, -0.2) is 11.2 Å². The molecule has 4 bridgehead atoms. The summed E-state index contributed by atoms with van der Waals surface area (Å²) in [5.74, 6) is 3.87. The number of hydrogen-bond acceptors (Lipinski definition) is 1. The highest BCUT2D eigenvalue weighted by molar-refractivity contribution is 5.33. The molecule has 0 spiro atoms. The van der Waals surface area contributed by atoms with Gasteiger partial charge in [0, 0.05) is 0 Å². The van der Waals surface area contributed by atoms with Crippen LogP contribution >= 0.6 is 0 Å². The van der Waals surface area contributed by atoms with E-state index in [1.165, 1.54) is 51.4 Å². The van der Waals surface area contributed by atoms with Gasteiger partial charge in [0.05, 0.1) is 0 Å². The molecule has 0 atom stereocenters. The van der Waals surface area contributed by atoms with Crippen molar-refractivity contribution in [2.45, 2.75) is 62.6 Å². The average molecular weight is 204 g/mol. The van der Waals surface area contributed by atoms with Crippen molar-refractivity contribution in [2.75, 3.05) is 0 Å². The summed E-state index contributed by atoms with van der Waals surface area (Å²) in [4.78, 5) is 0. The minimum atomic E-state index is 0.454. The Bertz CT molecular complexity index is 262. The zero-order valence-electron chi connectivity index (χ0n) is 9.37. The third kappa shape index (κ3) is 0.615. The first-order chi connectivity index (χ1) is 7.38. The summed E-state index contributed by atoms with van der Waals surface area (Å²) in [6.45, 7) is 0. The largest absolute Gasteiger partial charge is 0.361 e. The van der Waals surface area contributed by atoms with Gasteiger partial charge in [-0.15, -0.1) is 0 Å². The molecule has 0 radical (unpaired) electrons. The minimum absolute atomic E-state index is 0.454. The molecule has 1 saturated heterocycles. The van der Waals surface area contributed by atoms with Gasteiger partial charge in [-0.3, -0.25) is 0 Å². The van der Waals surface area contributed by atoms with E-state index in [0.717, 1.165) is 23.7 Å². The van der Waals surface area contributed by atoms with Crippen LogP contribution in [0.3, 0.4) is 0 Å². The van der Waals surface area contributed by atoms with Gasteiger partial charge in [0.1, 0.15) is 11.2 Å². The summed E-state index contributed by atoms with van der Waals surface area (Å²) >= 11 is 0. The van der Waals surface area contributed by atoms with Crippen LogP contribution in [-0.2, 0) is 4.74 Å². The molecular weight excluding hydrogens is 184 g/mol. The fourth-order valence-electron chi connectivity index (χ4n) is 6.43. The average Bonchev–Trinajstić information content (AvgIpc) is 3.08. The number of rotatable bonds is 0. The maximum Gasteiger partial charge on any atom is 0.104 e. The molecule has 1 heteroatoms. The van der Waals surface area contributed by atoms with Gasteiger partial charge in [-0.1, -0.05) is 0 Å². The van der Waals surface area contributed by atoms with E-state index >= 15 is 0 Å². The first-order valence-corrected chi connectivity index (χ1v) is 7.08. The Morgan fingerprint density at radius 3 is 1.07 bits per heavy atom. The first kappa shape index (κ1) is 8.11. The van der Waals surface area contributed by atoms with E-state index < -0.39 is 0 Å². The fourth-order valence-corrected chi connectivity index (χ4v) is 6.43. The first-order valence-electron chi connectivity index (χ1n) is 7.08. The maximum atomic E-state index is 6.59. The van der Waals surface area contributed by atoms with Gasteiger partial charge >= 0.3 is 0 Å². The quantitative estimate of drug-likeness (QED) is 0.552. The molecule has 82 valence electrons. The lowest BCUT2D eigenvalue weighted by Crippen LogP contribution is -2.59. The van der Waals surface area contributed by atoms with Crippen molar-refractivity contribution in [3.05, 3.63) is 0 Å². The minimum Gasteiger partial charge on any atom is -0.361 e. The highest BCUT2D eigenvalue weighted by Crippen LogP contribution is 2.79. The van der Waals surface area contributed by atoms with E-state index in [1.54, 1.807) is 0 Å². The topological polar surface area (TPSA) is 12.5 Å². The van der Waals surface area contributed by atoms with Crippen LogP contribution in [0, 0.1) is 23.7 Å². The summed E-state index contributed by atoms with van der Waals surface area (Å²) in [6, 6.07) is 0. The highest BCUT2D eigenvalue weighted by Gasteiger charge is 2.85. The van der Waals surface area contributed by atoms with Crippen molar-refractivity contribution >= 4 is 0 Å². The van der Waals surface area contributed by atoms with Crippen molar-refractivity contribution in [2.24, 2.45) is 23.7 Å². The molecule has 15 heavy (non-hydrogen) atoms. The van der Waals surface area contributed by atoms with Crippen LogP contribution in [0.1, 0.15) is 51.4 Å². The van der Waals surface area contributed by atoms with Crippen molar-refractivity contribution in [3.63, 3.8) is 0 Å². The zero-order valence-corrected chi connectivity index (χ0v) is 9.37. The Kier molecular flexibility index (Phi) is 1.17. The monoisotopic (exact) mass is 204 g/mol. The summed E-state index contributed by atoms with van der Waals surface area (Å²) in [6.07, 6.45) is 12.0. The van der Waals surface area contributed by atoms with Crippen LogP contribution in [0.25, 0.3) is 0 Å². The van der Waals surface area contributed by atoms with Crippen molar-refractivity contribution in [1.82, 2.24) is 0 Å². The predicted octanol–water partition coefficient (Wildman–Crippen LogP) is 3.13. The molecule has 0 N–H and O–H groups in total. The van der Waals surface area contributed by atoms with E-state index in [2.05, 4.69) is 0 Å². The number of epoxide rings is 1. The Labute approximate surface area is 91.6 Å². The smallest absolute Gasteiger partial charge is 0.104 e. The number of hydrogen-bond donors (Lipinski definition) is 0. The predicted molar refractivity (Wildman–Crippen MR) is 57.4 cm³/mol. The van der Waals surface area contributed by atoms with Gasteiger partial charge in [-0.2, -0.15) is 0 Å². The Morgan fingerprint density at radius 1 is 0.533 bits per heavy atom. The van der Waals surface area contributed by atoms with Crippen molar-refractivity contribution in [1.29, 1.82) is 0 Å². The van der Waals surface area contributed by atoms with Gasteiger partial charge in [-0.25, -0.2) is 0 Å². The van der Waals surface area contributed by atoms with Crippen LogP contribution in [0.4, 0.5) is 0 Å². The van der Waals surface area contributed by atoms with E-state index in [0.29, 0.717) is 11.2 Å². The van der Waals surface area contributed by atoms with Crippen LogP contribution in [0.2, 0.25) is 0 Å². The van der Waals surface area contributed by atoms with Crippen LogP contribution in [0.5, 0.6) is 0 Å². The van der Waals surface area contributed by atoms with E-state index in [-0.39, 0.29) is 0 Å². The summed E-state index contributed by atoms with van der Waals surface area (Å²) in [7, 11) is 0. The molecule has 6 saturated carbocycles. The molecule has 0 aromatic carbocycles. The maximum absolute atomic E-state index is 6.59. The zero-order chi connectivity index (χ0) is 9.67. The lowest BCUT2D eigenvalue weighted by Gasteiger charge is -2.55. The standard InChI is InChI=1S/C14H20O/c1-2-10-4-3-9(1)13-11-5-7-12(8-6-11)14(10,13)15-13/h9-12H,1-8H2. The molecule has 1 aliphatic heterocycles. The third-order valence-corrected chi connectivity index (χ3v) is 6.79. The lowest BCUT2D eigenvalue weighted by molar-refractivity contribution is -0.0194. The fraction of sp³-hybridized carbons (Fsp3) is 1.00. The van der Waals surface area contributed by atoms with Crippen LogP contribution in [0.15, 0.2) is 0 Å². The normalized spacial score (nSPS) is 68.8. The molecule has 7 rings (SSSR count). The molecule has 0 amide bonds. The second kappa shape index (κ2) is 2.16. The third-order valence-electron chi connectivity index (χ3n) is 6.79. The van der Waals surface area contributed by atoms with Gasteiger partial charge in [-0.05, 0) is 75.0 Å². The van der Waals surface area contributed by atoms with E-state index in [1.807, 2.05) is 0 Å².